The Morgan fingerprint density at radius 3 is 1.82 bits per heavy atom. The van der Waals surface area contributed by atoms with E-state index in [4.69, 9.17) is 48.2 Å². The summed E-state index contributed by atoms with van der Waals surface area (Å²) in [6.07, 6.45) is -6.72. The van der Waals surface area contributed by atoms with Gasteiger partial charge in [0.05, 0.1) is 46.2 Å². The van der Waals surface area contributed by atoms with E-state index >= 15 is 0 Å². The molecule has 1 rings (SSSR count). The second-order valence-corrected chi connectivity index (χ2v) is 10.5. The highest BCUT2D eigenvalue weighted by Gasteiger charge is 2.55. The summed E-state index contributed by atoms with van der Waals surface area (Å²) in [4.78, 5) is 65.4. The summed E-state index contributed by atoms with van der Waals surface area (Å²) in [7, 11) is 0. The zero-order valence-electron chi connectivity index (χ0n) is 26.8. The van der Waals surface area contributed by atoms with Gasteiger partial charge in [0.15, 0.2) is 18.5 Å². The van der Waals surface area contributed by atoms with Gasteiger partial charge in [-0.05, 0) is 26.3 Å². The molecule has 2 amide bonds. The quantitative estimate of drug-likeness (QED) is 0.0515. The molecule has 0 bridgehead atoms. The average molecular weight is 649 g/mol. The van der Waals surface area contributed by atoms with Crippen LogP contribution in [-0.2, 0) is 61.8 Å². The molecule has 0 saturated carbocycles. The third kappa shape index (κ3) is 15.8. The maximum absolute atomic E-state index is 13.3. The van der Waals surface area contributed by atoms with Gasteiger partial charge < -0.3 is 42.6 Å². The smallest absolute Gasteiger partial charge is 0.417 e. The van der Waals surface area contributed by atoms with Gasteiger partial charge in [-0.2, -0.15) is 0 Å². The van der Waals surface area contributed by atoms with Crippen LogP contribution in [0.15, 0.2) is 5.11 Å². The number of ether oxygens (including phenoxy) is 9. The summed E-state index contributed by atoms with van der Waals surface area (Å²) in [5.74, 6) is -3.10. The van der Waals surface area contributed by atoms with E-state index in [2.05, 4.69) is 10.0 Å². The van der Waals surface area contributed by atoms with Crippen molar-refractivity contribution in [2.75, 3.05) is 59.4 Å². The molecule has 0 spiro atoms. The first-order valence-electron chi connectivity index (χ1n) is 14.2. The van der Waals surface area contributed by atoms with Crippen LogP contribution < -0.4 is 0 Å². The van der Waals surface area contributed by atoms with E-state index in [1.165, 1.54) is 0 Å². The van der Waals surface area contributed by atoms with Gasteiger partial charge in [0.25, 0.3) is 0 Å². The number of hydrogen-bond acceptors (Lipinski definition) is 15. The van der Waals surface area contributed by atoms with Crippen LogP contribution in [0.3, 0.4) is 0 Å². The lowest BCUT2D eigenvalue weighted by Crippen LogP contribution is -2.68. The molecule has 0 unspecified atom stereocenters. The molecule has 1 heterocycles. The SMILES string of the molecule is CC(=O)OC[C@H]1O[C@@H](OCCOCCOCCOCCN=[N+]=[N-])[C@H](N(C(C)=O)C(=O)OC(C)(C)C)[C@@H](OC(C)=O)[C@H]1OC(C)=O. The van der Waals surface area contributed by atoms with Crippen LogP contribution in [-0.4, -0.2) is 130 Å². The predicted octanol–water partition coefficient (Wildman–Crippen LogP) is 1.67. The van der Waals surface area contributed by atoms with Crippen LogP contribution in [0.4, 0.5) is 4.79 Å². The largest absolute Gasteiger partial charge is 0.463 e. The Labute approximate surface area is 261 Å². The van der Waals surface area contributed by atoms with Gasteiger partial charge in [0.1, 0.15) is 24.4 Å². The molecule has 1 aliphatic heterocycles. The van der Waals surface area contributed by atoms with Gasteiger partial charge in [-0.25, -0.2) is 9.69 Å². The summed E-state index contributed by atoms with van der Waals surface area (Å²) in [6.45, 7) is 10.2. The number of imide groups is 1. The van der Waals surface area contributed by atoms with Crippen molar-refractivity contribution in [1.29, 1.82) is 0 Å². The van der Waals surface area contributed by atoms with Crippen molar-refractivity contribution in [3.8, 4) is 0 Å². The fourth-order valence-corrected chi connectivity index (χ4v) is 3.98. The second-order valence-electron chi connectivity index (χ2n) is 10.5. The molecule has 0 aromatic heterocycles. The summed E-state index contributed by atoms with van der Waals surface area (Å²) >= 11 is 0. The number of carbonyl (C=O) groups excluding carboxylic acids is 5. The van der Waals surface area contributed by atoms with E-state index in [9.17, 15) is 24.0 Å². The minimum atomic E-state index is -1.51. The van der Waals surface area contributed by atoms with Gasteiger partial charge in [-0.15, -0.1) is 0 Å². The first-order chi connectivity index (χ1) is 21.2. The van der Waals surface area contributed by atoms with E-state index in [-0.39, 0.29) is 39.6 Å². The van der Waals surface area contributed by atoms with Crippen molar-refractivity contribution >= 4 is 29.9 Å². The summed E-state index contributed by atoms with van der Waals surface area (Å²) in [5, 5.41) is 3.35. The molecule has 256 valence electrons. The van der Waals surface area contributed by atoms with Crippen molar-refractivity contribution < 1.29 is 66.6 Å². The highest BCUT2D eigenvalue weighted by Crippen LogP contribution is 2.32. The molecule has 18 nitrogen and oxygen atoms in total. The summed E-state index contributed by atoms with van der Waals surface area (Å²) in [5.41, 5.74) is 7.20. The van der Waals surface area contributed by atoms with E-state index < -0.39 is 72.8 Å². The Balaban J connectivity index is 3.12. The van der Waals surface area contributed by atoms with Crippen molar-refractivity contribution in [3.63, 3.8) is 0 Å². The van der Waals surface area contributed by atoms with Gasteiger partial charge in [0.2, 0.25) is 5.91 Å². The Hall–Kier alpha value is -3.54. The maximum Gasteiger partial charge on any atom is 0.417 e. The first kappa shape index (κ1) is 39.5. The zero-order chi connectivity index (χ0) is 34.0. The Kier molecular flexibility index (Phi) is 18.0. The van der Waals surface area contributed by atoms with Crippen LogP contribution in [0.2, 0.25) is 0 Å². The zero-order valence-corrected chi connectivity index (χ0v) is 26.8. The van der Waals surface area contributed by atoms with Crippen molar-refractivity contribution in [1.82, 2.24) is 4.90 Å². The van der Waals surface area contributed by atoms with Crippen molar-refractivity contribution in [2.45, 2.75) is 84.7 Å². The number of esters is 3. The Morgan fingerprint density at radius 2 is 1.33 bits per heavy atom. The van der Waals surface area contributed by atoms with E-state index in [1.54, 1.807) is 20.8 Å². The monoisotopic (exact) mass is 648 g/mol. The van der Waals surface area contributed by atoms with Crippen molar-refractivity contribution in [2.24, 2.45) is 5.11 Å². The van der Waals surface area contributed by atoms with Crippen LogP contribution >= 0.6 is 0 Å². The van der Waals surface area contributed by atoms with Crippen LogP contribution in [0, 0.1) is 0 Å². The topological polar surface area (TPSA) is 220 Å². The highest BCUT2D eigenvalue weighted by molar-refractivity contribution is 5.91. The molecule has 18 heteroatoms. The van der Waals surface area contributed by atoms with Crippen molar-refractivity contribution in [3.05, 3.63) is 10.4 Å². The lowest BCUT2D eigenvalue weighted by molar-refractivity contribution is -0.290. The highest BCUT2D eigenvalue weighted by atomic mass is 16.7. The summed E-state index contributed by atoms with van der Waals surface area (Å²) < 4.78 is 49.5. The van der Waals surface area contributed by atoms with Gasteiger partial charge in [-0.3, -0.25) is 19.2 Å². The molecular formula is C27H44N4O14. The third-order valence-electron chi connectivity index (χ3n) is 5.55. The normalized spacial score (nSPS) is 21.2. The lowest BCUT2D eigenvalue weighted by atomic mass is 9.95. The average Bonchev–Trinajstić information content (AvgIpc) is 2.91. The molecule has 0 N–H and O–H groups in total. The lowest BCUT2D eigenvalue weighted by Gasteiger charge is -2.47. The van der Waals surface area contributed by atoms with E-state index in [0.717, 1.165) is 27.7 Å². The number of rotatable bonds is 18. The minimum Gasteiger partial charge on any atom is -0.463 e. The number of hydrogen-bond donors (Lipinski definition) is 0. The minimum absolute atomic E-state index is 0.0192. The predicted molar refractivity (Wildman–Crippen MR) is 151 cm³/mol. The molecule has 5 atom stereocenters. The fourth-order valence-electron chi connectivity index (χ4n) is 3.98. The first-order valence-corrected chi connectivity index (χ1v) is 14.2. The van der Waals surface area contributed by atoms with Crippen LogP contribution in [0.25, 0.3) is 10.4 Å². The van der Waals surface area contributed by atoms with Gasteiger partial charge >= 0.3 is 24.0 Å². The number of amides is 2. The molecule has 45 heavy (non-hydrogen) atoms. The Bertz CT molecular complexity index is 1030. The standard InChI is InChI=1S/C27H44N4O14/c1-17(32)31(26(36)45-27(5,6)7)22-24(43-20(4)35)23(42-19(3)34)21(16-41-18(2)33)44-25(22)40-15-14-39-13-12-38-11-10-37-9-8-29-30-28/h21-25H,8-16H2,1-7H3/t21-,22-,23+,24-,25-/m1/s1. The van der Waals surface area contributed by atoms with Crippen LogP contribution in [0.1, 0.15) is 48.5 Å². The van der Waals surface area contributed by atoms with E-state index in [1.807, 2.05) is 0 Å². The third-order valence-corrected chi connectivity index (χ3v) is 5.55. The molecule has 1 saturated heterocycles. The van der Waals surface area contributed by atoms with Gasteiger partial charge in [0, 0.05) is 39.2 Å². The molecule has 0 aromatic rings. The maximum atomic E-state index is 13.3. The summed E-state index contributed by atoms with van der Waals surface area (Å²) in [6, 6.07) is -1.50. The molecule has 0 aliphatic carbocycles. The molecule has 0 radical (unpaired) electrons. The molecular weight excluding hydrogens is 604 g/mol. The fraction of sp³-hybridized carbons (Fsp3) is 0.815. The molecule has 0 aromatic carbocycles. The number of azide groups is 1. The number of carbonyl (C=O) groups is 5. The van der Waals surface area contributed by atoms with E-state index in [0.29, 0.717) is 18.1 Å². The van der Waals surface area contributed by atoms with Gasteiger partial charge in [-0.1, -0.05) is 5.11 Å². The molecule has 1 fully saturated rings. The molecule has 1 aliphatic rings. The second kappa shape index (κ2) is 20.5. The number of nitrogens with zero attached hydrogens (tertiary/aromatic N) is 4. The Morgan fingerprint density at radius 1 is 0.800 bits per heavy atom. The van der Waals surface area contributed by atoms with Crippen LogP contribution in [0.5, 0.6) is 0 Å².